The molecule has 1 atom stereocenters. The monoisotopic (exact) mass is 314 g/mol. The second-order valence-corrected chi connectivity index (χ2v) is 5.83. The first-order chi connectivity index (χ1) is 10.9. The summed E-state index contributed by atoms with van der Waals surface area (Å²) in [6, 6.07) is 8.51. The number of hydrogen-bond acceptors (Lipinski definition) is 4. The predicted octanol–water partition coefficient (Wildman–Crippen LogP) is 3.84. The van der Waals surface area contributed by atoms with Crippen molar-refractivity contribution < 1.29 is 14.3 Å². The van der Waals surface area contributed by atoms with Crippen LogP contribution in [0.3, 0.4) is 0 Å². The molecule has 0 unspecified atom stereocenters. The minimum absolute atomic E-state index is 0.376. The maximum Gasteiger partial charge on any atom is 0.336 e. The molecule has 2 aromatic rings. The lowest BCUT2D eigenvalue weighted by Crippen LogP contribution is -2.04. The SMILES string of the molecule is CC(C)=C[C@@H](O)CC(C)=CCOc1ccc2ccc(=O)oc2c1. The van der Waals surface area contributed by atoms with Gasteiger partial charge in [-0.15, -0.1) is 0 Å². The molecule has 2 rings (SSSR count). The number of hydrogen-bond donors (Lipinski definition) is 1. The molecule has 4 heteroatoms. The third kappa shape index (κ3) is 5.42. The van der Waals surface area contributed by atoms with Gasteiger partial charge < -0.3 is 14.3 Å². The van der Waals surface area contributed by atoms with Crippen molar-refractivity contribution in [2.45, 2.75) is 33.3 Å². The Balaban J connectivity index is 1.96. The van der Waals surface area contributed by atoms with Crippen LogP contribution in [-0.2, 0) is 0 Å². The maximum absolute atomic E-state index is 11.2. The fraction of sp³-hybridized carbons (Fsp3) is 0.316. The van der Waals surface area contributed by atoms with Crippen molar-refractivity contribution in [3.05, 3.63) is 64.1 Å². The van der Waals surface area contributed by atoms with Crippen molar-refractivity contribution in [2.75, 3.05) is 6.61 Å². The number of aliphatic hydroxyl groups is 1. The number of aliphatic hydroxyl groups excluding tert-OH is 1. The van der Waals surface area contributed by atoms with E-state index in [1.54, 1.807) is 12.1 Å². The molecule has 23 heavy (non-hydrogen) atoms. The average molecular weight is 314 g/mol. The molecule has 1 aromatic heterocycles. The largest absolute Gasteiger partial charge is 0.489 e. The van der Waals surface area contributed by atoms with Gasteiger partial charge in [0.15, 0.2) is 0 Å². The highest BCUT2D eigenvalue weighted by Gasteiger charge is 2.02. The quantitative estimate of drug-likeness (QED) is 0.650. The van der Waals surface area contributed by atoms with Crippen LogP contribution in [0.2, 0.25) is 0 Å². The van der Waals surface area contributed by atoms with E-state index >= 15 is 0 Å². The number of ether oxygens (including phenoxy) is 1. The first-order valence-corrected chi connectivity index (χ1v) is 7.59. The number of rotatable bonds is 6. The van der Waals surface area contributed by atoms with Crippen LogP contribution >= 0.6 is 0 Å². The van der Waals surface area contributed by atoms with Crippen LogP contribution in [0.25, 0.3) is 11.0 Å². The molecule has 0 saturated heterocycles. The molecule has 0 aliphatic carbocycles. The summed E-state index contributed by atoms with van der Waals surface area (Å²) in [6.07, 6.45) is 3.89. The Morgan fingerprint density at radius 2 is 2.00 bits per heavy atom. The third-order valence-corrected chi connectivity index (χ3v) is 3.33. The van der Waals surface area contributed by atoms with Crippen molar-refractivity contribution in [3.63, 3.8) is 0 Å². The molecule has 0 aliphatic rings. The van der Waals surface area contributed by atoms with Gasteiger partial charge in [0, 0.05) is 17.5 Å². The van der Waals surface area contributed by atoms with Crippen molar-refractivity contribution in [1.82, 2.24) is 0 Å². The Morgan fingerprint density at radius 1 is 1.26 bits per heavy atom. The van der Waals surface area contributed by atoms with Gasteiger partial charge in [0.1, 0.15) is 17.9 Å². The molecule has 0 bridgehead atoms. The molecule has 0 spiro atoms. The van der Waals surface area contributed by atoms with Crippen molar-refractivity contribution in [2.24, 2.45) is 0 Å². The molecular formula is C19H22O4. The lowest BCUT2D eigenvalue weighted by Gasteiger charge is -2.08. The fourth-order valence-electron chi connectivity index (χ4n) is 2.27. The highest BCUT2D eigenvalue weighted by atomic mass is 16.5. The van der Waals surface area contributed by atoms with Gasteiger partial charge in [-0.3, -0.25) is 0 Å². The molecule has 1 aromatic carbocycles. The van der Waals surface area contributed by atoms with E-state index in [4.69, 9.17) is 9.15 Å². The molecule has 0 aliphatic heterocycles. The first kappa shape index (κ1) is 17.0. The van der Waals surface area contributed by atoms with E-state index in [0.29, 0.717) is 24.4 Å². The Kier molecular flexibility index (Phi) is 5.77. The summed E-state index contributed by atoms with van der Waals surface area (Å²) in [4.78, 5) is 11.2. The van der Waals surface area contributed by atoms with E-state index in [1.165, 1.54) is 6.07 Å². The van der Waals surface area contributed by atoms with Gasteiger partial charge in [-0.05, 0) is 51.5 Å². The van der Waals surface area contributed by atoms with Crippen molar-refractivity contribution >= 4 is 11.0 Å². The van der Waals surface area contributed by atoms with Crippen LogP contribution in [-0.4, -0.2) is 17.8 Å². The van der Waals surface area contributed by atoms with E-state index in [-0.39, 0.29) is 5.63 Å². The summed E-state index contributed by atoms with van der Waals surface area (Å²) >= 11 is 0. The topological polar surface area (TPSA) is 59.7 Å². The summed E-state index contributed by atoms with van der Waals surface area (Å²) in [5, 5.41) is 10.7. The molecule has 0 fully saturated rings. The van der Waals surface area contributed by atoms with Gasteiger partial charge in [-0.25, -0.2) is 4.79 Å². The van der Waals surface area contributed by atoms with E-state index in [9.17, 15) is 9.90 Å². The molecule has 0 radical (unpaired) electrons. The molecular weight excluding hydrogens is 292 g/mol. The van der Waals surface area contributed by atoms with Gasteiger partial charge in [0.05, 0.1) is 6.10 Å². The van der Waals surface area contributed by atoms with E-state index < -0.39 is 6.10 Å². The van der Waals surface area contributed by atoms with Crippen LogP contribution in [0.5, 0.6) is 5.75 Å². The first-order valence-electron chi connectivity index (χ1n) is 7.59. The Labute approximate surface area is 135 Å². The van der Waals surface area contributed by atoms with Crippen LogP contribution in [0.15, 0.2) is 62.8 Å². The number of benzene rings is 1. The maximum atomic E-state index is 11.2. The Hall–Kier alpha value is -2.33. The van der Waals surface area contributed by atoms with E-state index in [1.807, 2.05) is 45.1 Å². The van der Waals surface area contributed by atoms with Crippen LogP contribution in [0.1, 0.15) is 27.2 Å². The molecule has 1 heterocycles. The summed E-state index contributed by atoms with van der Waals surface area (Å²) < 4.78 is 10.8. The minimum Gasteiger partial charge on any atom is -0.489 e. The summed E-state index contributed by atoms with van der Waals surface area (Å²) in [5.41, 5.74) is 2.29. The zero-order valence-electron chi connectivity index (χ0n) is 13.7. The summed E-state index contributed by atoms with van der Waals surface area (Å²) in [5.74, 6) is 0.640. The summed E-state index contributed by atoms with van der Waals surface area (Å²) in [7, 11) is 0. The average Bonchev–Trinajstić information content (AvgIpc) is 2.45. The van der Waals surface area contributed by atoms with Crippen molar-refractivity contribution in [3.8, 4) is 5.75 Å². The zero-order valence-corrected chi connectivity index (χ0v) is 13.7. The number of allylic oxidation sites excluding steroid dienone is 1. The van der Waals surface area contributed by atoms with Crippen LogP contribution in [0, 0.1) is 0 Å². The van der Waals surface area contributed by atoms with Gasteiger partial charge >= 0.3 is 5.63 Å². The lowest BCUT2D eigenvalue weighted by atomic mass is 10.1. The second kappa shape index (κ2) is 7.79. The highest BCUT2D eigenvalue weighted by Crippen LogP contribution is 2.19. The predicted molar refractivity (Wildman–Crippen MR) is 91.8 cm³/mol. The van der Waals surface area contributed by atoms with Crippen molar-refractivity contribution in [1.29, 1.82) is 0 Å². The minimum atomic E-state index is -0.466. The van der Waals surface area contributed by atoms with Gasteiger partial charge in [-0.1, -0.05) is 17.2 Å². The molecule has 0 saturated carbocycles. The Bertz CT molecular complexity index is 779. The van der Waals surface area contributed by atoms with Crippen LogP contribution in [0.4, 0.5) is 0 Å². The molecule has 122 valence electrons. The van der Waals surface area contributed by atoms with Gasteiger partial charge in [-0.2, -0.15) is 0 Å². The third-order valence-electron chi connectivity index (χ3n) is 3.33. The fourth-order valence-corrected chi connectivity index (χ4v) is 2.27. The molecule has 1 N–H and O–H groups in total. The molecule has 0 amide bonds. The smallest absolute Gasteiger partial charge is 0.336 e. The van der Waals surface area contributed by atoms with Gasteiger partial charge in [0.2, 0.25) is 0 Å². The Morgan fingerprint density at radius 3 is 2.74 bits per heavy atom. The van der Waals surface area contributed by atoms with E-state index in [2.05, 4.69) is 0 Å². The van der Waals surface area contributed by atoms with E-state index in [0.717, 1.165) is 16.5 Å². The lowest BCUT2D eigenvalue weighted by molar-refractivity contribution is 0.222. The van der Waals surface area contributed by atoms with Gasteiger partial charge in [0.25, 0.3) is 0 Å². The van der Waals surface area contributed by atoms with Crippen LogP contribution < -0.4 is 10.4 Å². The highest BCUT2D eigenvalue weighted by molar-refractivity contribution is 5.77. The standard InChI is InChI=1S/C19H22O4/c1-13(2)10-16(20)11-14(3)8-9-22-17-6-4-15-5-7-19(21)23-18(15)12-17/h4-8,10,12,16,20H,9,11H2,1-3H3/t16-/m1/s1. The summed E-state index contributed by atoms with van der Waals surface area (Å²) in [6.45, 7) is 6.29. The second-order valence-electron chi connectivity index (χ2n) is 5.83. The normalized spacial score (nSPS) is 13.0. The number of fused-ring (bicyclic) bond motifs is 1. The zero-order chi connectivity index (χ0) is 16.8. The molecule has 4 nitrogen and oxygen atoms in total.